The van der Waals surface area contributed by atoms with Crippen LogP contribution in [0.1, 0.15) is 56.9 Å². The SMILES string of the molecule is CCOC(=O)CCCCCCN1C(c2cccs2)C(C(=O)O)=C(Nc2cccnc2)C(=O)N1CC. The van der Waals surface area contributed by atoms with Crippen molar-refractivity contribution in [2.75, 3.05) is 25.0 Å². The minimum atomic E-state index is -1.14. The number of carboxylic acids is 1. The van der Waals surface area contributed by atoms with Crippen LogP contribution in [0.5, 0.6) is 0 Å². The van der Waals surface area contributed by atoms with Crippen molar-refractivity contribution < 1.29 is 24.2 Å². The van der Waals surface area contributed by atoms with E-state index < -0.39 is 12.0 Å². The maximum absolute atomic E-state index is 13.5. The molecule has 0 aliphatic carbocycles. The third-order valence-electron chi connectivity index (χ3n) is 5.70. The smallest absolute Gasteiger partial charge is 0.335 e. The zero-order valence-corrected chi connectivity index (χ0v) is 20.9. The largest absolute Gasteiger partial charge is 0.478 e. The van der Waals surface area contributed by atoms with E-state index in [1.165, 1.54) is 11.3 Å². The molecule has 2 aromatic rings. The third kappa shape index (κ3) is 6.67. The number of amides is 1. The molecule has 1 aliphatic rings. The average Bonchev–Trinajstić information content (AvgIpc) is 3.38. The highest BCUT2D eigenvalue weighted by atomic mass is 32.1. The van der Waals surface area contributed by atoms with Crippen LogP contribution in [0.3, 0.4) is 0 Å². The van der Waals surface area contributed by atoms with Gasteiger partial charge in [0.1, 0.15) is 5.70 Å². The fourth-order valence-electron chi connectivity index (χ4n) is 4.15. The number of pyridine rings is 1. The van der Waals surface area contributed by atoms with E-state index in [0.717, 1.165) is 30.6 Å². The van der Waals surface area contributed by atoms with Gasteiger partial charge in [-0.3, -0.25) is 19.6 Å². The van der Waals surface area contributed by atoms with Gasteiger partial charge in [0.25, 0.3) is 5.91 Å². The molecule has 1 amide bonds. The second-order valence-corrected chi connectivity index (χ2v) is 9.01. The molecule has 35 heavy (non-hydrogen) atoms. The van der Waals surface area contributed by atoms with Crippen LogP contribution in [0.15, 0.2) is 53.3 Å². The number of hydrogen-bond acceptors (Lipinski definition) is 8. The molecule has 2 aromatic heterocycles. The number of esters is 1. The third-order valence-corrected chi connectivity index (χ3v) is 6.62. The van der Waals surface area contributed by atoms with Gasteiger partial charge >= 0.3 is 11.9 Å². The van der Waals surface area contributed by atoms with Crippen LogP contribution in [0.2, 0.25) is 0 Å². The van der Waals surface area contributed by atoms with E-state index in [2.05, 4.69) is 10.3 Å². The van der Waals surface area contributed by atoms with Crippen LogP contribution >= 0.6 is 11.3 Å². The van der Waals surface area contributed by atoms with Crippen LogP contribution in [0.4, 0.5) is 5.69 Å². The van der Waals surface area contributed by atoms with E-state index >= 15 is 0 Å². The Hall–Kier alpha value is -3.24. The van der Waals surface area contributed by atoms with Crippen molar-refractivity contribution in [3.8, 4) is 0 Å². The van der Waals surface area contributed by atoms with Crippen molar-refractivity contribution in [2.24, 2.45) is 0 Å². The molecule has 1 atom stereocenters. The Morgan fingerprint density at radius 2 is 1.97 bits per heavy atom. The summed E-state index contributed by atoms with van der Waals surface area (Å²) in [6.07, 6.45) is 6.76. The maximum atomic E-state index is 13.5. The molecule has 1 unspecified atom stereocenters. The highest BCUT2D eigenvalue weighted by Gasteiger charge is 2.43. The first kappa shape index (κ1) is 26.4. The first-order valence-corrected chi connectivity index (χ1v) is 12.8. The second-order valence-electron chi connectivity index (χ2n) is 8.03. The van der Waals surface area contributed by atoms with E-state index in [1.807, 2.05) is 29.4 Å². The van der Waals surface area contributed by atoms with Gasteiger partial charge in [0.05, 0.1) is 30.1 Å². The summed E-state index contributed by atoms with van der Waals surface area (Å²) in [5, 5.41) is 18.7. The van der Waals surface area contributed by atoms with Crippen LogP contribution in [0, 0.1) is 0 Å². The summed E-state index contributed by atoms with van der Waals surface area (Å²) in [4.78, 5) is 42.5. The molecule has 0 fully saturated rings. The van der Waals surface area contributed by atoms with Crippen molar-refractivity contribution in [1.82, 2.24) is 15.0 Å². The number of rotatable bonds is 13. The van der Waals surface area contributed by atoms with Crippen LogP contribution in [-0.4, -0.2) is 57.7 Å². The van der Waals surface area contributed by atoms with E-state index in [9.17, 15) is 19.5 Å². The molecule has 0 aromatic carbocycles. The van der Waals surface area contributed by atoms with E-state index in [-0.39, 0.29) is 23.1 Å². The van der Waals surface area contributed by atoms with Gasteiger partial charge in [0.2, 0.25) is 0 Å². The maximum Gasteiger partial charge on any atom is 0.335 e. The highest BCUT2D eigenvalue weighted by molar-refractivity contribution is 7.10. The number of carbonyl (C=O) groups excluding carboxylic acids is 2. The number of hydrogen-bond donors (Lipinski definition) is 2. The first-order valence-electron chi connectivity index (χ1n) is 11.9. The number of ether oxygens (including phenoxy) is 1. The van der Waals surface area contributed by atoms with Crippen molar-refractivity contribution >= 4 is 34.9 Å². The van der Waals surface area contributed by atoms with Crippen LogP contribution < -0.4 is 5.32 Å². The molecular weight excluding hydrogens is 468 g/mol. The number of aliphatic carboxylic acids is 1. The van der Waals surface area contributed by atoms with Gasteiger partial charge in [-0.2, -0.15) is 0 Å². The fraction of sp³-hybridized carbons (Fsp3) is 0.440. The number of anilines is 1. The van der Waals surface area contributed by atoms with E-state index in [4.69, 9.17) is 4.74 Å². The predicted octanol–water partition coefficient (Wildman–Crippen LogP) is 4.23. The number of nitrogens with one attached hydrogen (secondary N) is 1. The summed E-state index contributed by atoms with van der Waals surface area (Å²) >= 11 is 1.46. The number of hydrazine groups is 1. The topological polar surface area (TPSA) is 112 Å². The van der Waals surface area contributed by atoms with Gasteiger partial charge in [-0.15, -0.1) is 11.3 Å². The Bertz CT molecular complexity index is 1030. The lowest BCUT2D eigenvalue weighted by Gasteiger charge is -2.44. The van der Waals surface area contributed by atoms with Gasteiger partial charge in [0.15, 0.2) is 0 Å². The normalized spacial score (nSPS) is 16.5. The quantitative estimate of drug-likeness (QED) is 0.310. The molecule has 0 radical (unpaired) electrons. The zero-order chi connectivity index (χ0) is 25.2. The van der Waals surface area contributed by atoms with Crippen LogP contribution in [0.25, 0.3) is 0 Å². The fourth-order valence-corrected chi connectivity index (χ4v) is 4.99. The summed E-state index contributed by atoms with van der Waals surface area (Å²) in [5.74, 6) is -1.71. The molecular formula is C25H32N4O5S. The number of unbranched alkanes of at least 4 members (excludes halogenated alkanes) is 3. The van der Waals surface area contributed by atoms with Gasteiger partial charge in [-0.25, -0.2) is 9.80 Å². The molecule has 2 N–H and O–H groups in total. The van der Waals surface area contributed by atoms with Gasteiger partial charge in [0, 0.05) is 30.6 Å². The van der Waals surface area contributed by atoms with Crippen molar-refractivity contribution in [3.63, 3.8) is 0 Å². The molecule has 3 rings (SSSR count). The molecule has 0 spiro atoms. The number of nitrogens with zero attached hydrogens (tertiary/aromatic N) is 3. The number of likely N-dealkylation sites (N-methyl/N-ethyl adjacent to an activating group) is 1. The molecule has 1 aliphatic heterocycles. The Morgan fingerprint density at radius 3 is 2.60 bits per heavy atom. The molecule has 9 nitrogen and oxygen atoms in total. The first-order chi connectivity index (χ1) is 17.0. The monoisotopic (exact) mass is 500 g/mol. The van der Waals surface area contributed by atoms with Crippen LogP contribution in [-0.2, 0) is 19.1 Å². The summed E-state index contributed by atoms with van der Waals surface area (Å²) in [6.45, 7) is 4.96. The molecule has 0 bridgehead atoms. The average molecular weight is 501 g/mol. The lowest BCUT2D eigenvalue weighted by Crippen LogP contribution is -2.55. The number of carboxylic acid groups (broad SMARTS) is 1. The minimum Gasteiger partial charge on any atom is -0.478 e. The molecule has 188 valence electrons. The Labute approximate surface area is 209 Å². The lowest BCUT2D eigenvalue weighted by atomic mass is 9.98. The zero-order valence-electron chi connectivity index (χ0n) is 20.1. The second kappa shape index (κ2) is 13.0. The number of carbonyl (C=O) groups is 3. The summed E-state index contributed by atoms with van der Waals surface area (Å²) in [7, 11) is 0. The van der Waals surface area contributed by atoms with Gasteiger partial charge < -0.3 is 15.2 Å². The van der Waals surface area contributed by atoms with Crippen molar-refractivity contribution in [1.29, 1.82) is 0 Å². The van der Waals surface area contributed by atoms with Gasteiger partial charge in [-0.05, 0) is 50.3 Å². The molecule has 10 heteroatoms. The number of aromatic nitrogens is 1. The Morgan fingerprint density at radius 1 is 1.17 bits per heavy atom. The summed E-state index contributed by atoms with van der Waals surface area (Å²) in [5.41, 5.74) is 0.621. The van der Waals surface area contributed by atoms with Gasteiger partial charge in [-0.1, -0.05) is 18.9 Å². The molecule has 0 saturated heterocycles. The Balaban J connectivity index is 1.84. The van der Waals surface area contributed by atoms with Crippen molar-refractivity contribution in [3.05, 3.63) is 58.2 Å². The summed E-state index contributed by atoms with van der Waals surface area (Å²) in [6, 6.07) is 6.64. The highest BCUT2D eigenvalue weighted by Crippen LogP contribution is 2.39. The molecule has 0 saturated carbocycles. The van der Waals surface area contributed by atoms with E-state index in [1.54, 1.807) is 36.5 Å². The van der Waals surface area contributed by atoms with Crippen molar-refractivity contribution in [2.45, 2.75) is 52.0 Å². The minimum absolute atomic E-state index is 0.0216. The summed E-state index contributed by atoms with van der Waals surface area (Å²) < 4.78 is 4.97. The predicted molar refractivity (Wildman–Crippen MR) is 133 cm³/mol. The standard InChI is InChI=1S/C25H32N4O5S/c1-3-28-24(31)22(27-18-11-9-14-26-17-18)21(25(32)33)23(19-12-10-16-35-19)29(28)15-8-6-5-7-13-20(30)34-4-2/h9-12,14,16-17,23,27H,3-8,13,15H2,1-2H3,(H,32,33). The molecule has 3 heterocycles. The number of thiophene rings is 1. The van der Waals surface area contributed by atoms with E-state index in [0.29, 0.717) is 31.8 Å². The Kier molecular flexibility index (Phi) is 9.80. The lowest BCUT2D eigenvalue weighted by molar-refractivity contribution is -0.154.